The first-order chi connectivity index (χ1) is 9.10. The maximum Gasteiger partial charge on any atom is 0.140 e. The van der Waals surface area contributed by atoms with Gasteiger partial charge in [-0.2, -0.15) is 0 Å². The molecule has 1 aliphatic carbocycles. The second-order valence-corrected chi connectivity index (χ2v) is 5.92. The Balaban J connectivity index is 2.04. The molecule has 1 aliphatic rings. The minimum atomic E-state index is 0.265. The molecule has 2 rings (SSSR count). The lowest BCUT2D eigenvalue weighted by Crippen LogP contribution is -2.22. The monoisotopic (exact) mass is 260 g/mol. The van der Waals surface area contributed by atoms with Gasteiger partial charge in [-0.15, -0.1) is 0 Å². The number of Topliss-reactive ketones (excluding diaryl/α,β-unsaturated/α-hetero) is 1. The van der Waals surface area contributed by atoms with Crippen molar-refractivity contribution in [1.29, 1.82) is 0 Å². The van der Waals surface area contributed by atoms with Crippen molar-refractivity contribution in [1.82, 2.24) is 0 Å². The Labute approximate surface area is 116 Å². The number of methoxy groups -OCH3 is 1. The number of ketones is 1. The van der Waals surface area contributed by atoms with Crippen LogP contribution in [0.15, 0.2) is 18.2 Å². The standard InChI is InChI=1S/C17H24O2/c1-12-4-7-14(8-5-12)16(18)11-15-10-13(2)6-9-17(15)19-3/h6,9-10,12,14H,4-5,7-8,11H2,1-3H3. The maximum absolute atomic E-state index is 12.4. The molecule has 104 valence electrons. The summed E-state index contributed by atoms with van der Waals surface area (Å²) in [5, 5.41) is 0. The van der Waals surface area contributed by atoms with Crippen LogP contribution in [0.3, 0.4) is 0 Å². The van der Waals surface area contributed by atoms with E-state index in [1.165, 1.54) is 18.4 Å². The molecule has 0 aliphatic heterocycles. The van der Waals surface area contributed by atoms with Gasteiger partial charge in [-0.1, -0.05) is 37.5 Å². The Bertz CT molecular complexity index is 443. The fourth-order valence-electron chi connectivity index (χ4n) is 2.96. The van der Waals surface area contributed by atoms with Crippen LogP contribution in [0, 0.1) is 18.8 Å². The number of carbonyl (C=O) groups excluding carboxylic acids is 1. The summed E-state index contributed by atoms with van der Waals surface area (Å²) >= 11 is 0. The van der Waals surface area contributed by atoms with Crippen LogP contribution in [-0.2, 0) is 11.2 Å². The molecule has 1 saturated carbocycles. The molecule has 0 unspecified atom stereocenters. The third-order valence-corrected chi connectivity index (χ3v) is 4.27. The van der Waals surface area contributed by atoms with E-state index in [0.29, 0.717) is 12.2 Å². The first-order valence-corrected chi connectivity index (χ1v) is 7.26. The van der Waals surface area contributed by atoms with Gasteiger partial charge in [0.15, 0.2) is 0 Å². The highest BCUT2D eigenvalue weighted by Crippen LogP contribution is 2.30. The van der Waals surface area contributed by atoms with Crippen LogP contribution in [0.4, 0.5) is 0 Å². The maximum atomic E-state index is 12.4. The van der Waals surface area contributed by atoms with E-state index >= 15 is 0 Å². The van der Waals surface area contributed by atoms with Crippen molar-refractivity contribution in [2.45, 2.75) is 46.0 Å². The van der Waals surface area contributed by atoms with Crippen molar-refractivity contribution in [2.24, 2.45) is 11.8 Å². The van der Waals surface area contributed by atoms with Crippen molar-refractivity contribution in [3.8, 4) is 5.75 Å². The van der Waals surface area contributed by atoms with Gasteiger partial charge in [0, 0.05) is 17.9 Å². The Morgan fingerprint density at radius 2 is 1.95 bits per heavy atom. The van der Waals surface area contributed by atoms with E-state index < -0.39 is 0 Å². The van der Waals surface area contributed by atoms with Crippen LogP contribution in [0.5, 0.6) is 5.75 Å². The van der Waals surface area contributed by atoms with Gasteiger partial charge in [0.25, 0.3) is 0 Å². The number of ether oxygens (including phenoxy) is 1. The van der Waals surface area contributed by atoms with Crippen molar-refractivity contribution >= 4 is 5.78 Å². The van der Waals surface area contributed by atoms with Gasteiger partial charge in [0.2, 0.25) is 0 Å². The number of hydrogen-bond acceptors (Lipinski definition) is 2. The third-order valence-electron chi connectivity index (χ3n) is 4.27. The number of benzene rings is 1. The minimum Gasteiger partial charge on any atom is -0.496 e. The van der Waals surface area contributed by atoms with Crippen molar-refractivity contribution in [3.05, 3.63) is 29.3 Å². The summed E-state index contributed by atoms with van der Waals surface area (Å²) in [4.78, 5) is 12.4. The highest BCUT2D eigenvalue weighted by molar-refractivity contribution is 5.84. The molecule has 2 nitrogen and oxygen atoms in total. The second-order valence-electron chi connectivity index (χ2n) is 5.92. The molecule has 2 heteroatoms. The lowest BCUT2D eigenvalue weighted by atomic mass is 9.79. The van der Waals surface area contributed by atoms with E-state index in [-0.39, 0.29) is 5.92 Å². The Kier molecular flexibility index (Phi) is 4.62. The van der Waals surface area contributed by atoms with Gasteiger partial charge in [-0.05, 0) is 31.7 Å². The van der Waals surface area contributed by atoms with Gasteiger partial charge in [0.05, 0.1) is 7.11 Å². The molecular formula is C17H24O2. The van der Waals surface area contributed by atoms with E-state index in [1.807, 2.05) is 12.1 Å². The van der Waals surface area contributed by atoms with Gasteiger partial charge >= 0.3 is 0 Å². The SMILES string of the molecule is COc1ccc(C)cc1CC(=O)C1CCC(C)CC1. The van der Waals surface area contributed by atoms with Crippen molar-refractivity contribution in [2.75, 3.05) is 7.11 Å². The Morgan fingerprint density at radius 3 is 2.58 bits per heavy atom. The number of carbonyl (C=O) groups is 1. The molecule has 0 atom stereocenters. The number of hydrogen-bond donors (Lipinski definition) is 0. The fourth-order valence-corrected chi connectivity index (χ4v) is 2.96. The summed E-state index contributed by atoms with van der Waals surface area (Å²) in [7, 11) is 1.67. The predicted octanol–water partition coefficient (Wildman–Crippen LogP) is 3.94. The normalized spacial score (nSPS) is 23.1. The summed E-state index contributed by atoms with van der Waals surface area (Å²) in [5.41, 5.74) is 2.21. The summed E-state index contributed by atoms with van der Waals surface area (Å²) in [6, 6.07) is 6.05. The van der Waals surface area contributed by atoms with Crippen molar-refractivity contribution < 1.29 is 9.53 Å². The minimum absolute atomic E-state index is 0.265. The summed E-state index contributed by atoms with van der Waals surface area (Å²) in [6.45, 7) is 4.33. The number of aryl methyl sites for hydroxylation is 1. The van der Waals surface area contributed by atoms with E-state index in [4.69, 9.17) is 4.74 Å². The molecular weight excluding hydrogens is 236 g/mol. The zero-order valence-electron chi connectivity index (χ0n) is 12.2. The molecule has 0 spiro atoms. The van der Waals surface area contributed by atoms with E-state index in [0.717, 1.165) is 30.1 Å². The molecule has 0 aromatic heterocycles. The van der Waals surface area contributed by atoms with Crippen LogP contribution >= 0.6 is 0 Å². The quantitative estimate of drug-likeness (QED) is 0.819. The largest absolute Gasteiger partial charge is 0.496 e. The van der Waals surface area contributed by atoms with Gasteiger partial charge < -0.3 is 4.74 Å². The zero-order chi connectivity index (χ0) is 13.8. The lowest BCUT2D eigenvalue weighted by Gasteiger charge is -2.25. The van der Waals surface area contributed by atoms with E-state index in [1.54, 1.807) is 7.11 Å². The van der Waals surface area contributed by atoms with Crippen molar-refractivity contribution in [3.63, 3.8) is 0 Å². The van der Waals surface area contributed by atoms with Crippen LogP contribution < -0.4 is 4.74 Å². The second kappa shape index (κ2) is 6.23. The third kappa shape index (κ3) is 3.59. The summed E-state index contributed by atoms with van der Waals surface area (Å²) in [5.74, 6) is 2.28. The van der Waals surface area contributed by atoms with E-state index in [2.05, 4.69) is 19.9 Å². The highest BCUT2D eigenvalue weighted by atomic mass is 16.5. The molecule has 0 bridgehead atoms. The first-order valence-electron chi connectivity index (χ1n) is 7.26. The topological polar surface area (TPSA) is 26.3 Å². The molecule has 1 aromatic rings. The molecule has 0 radical (unpaired) electrons. The average Bonchev–Trinajstić information content (AvgIpc) is 2.39. The van der Waals surface area contributed by atoms with Gasteiger partial charge in [0.1, 0.15) is 11.5 Å². The fraction of sp³-hybridized carbons (Fsp3) is 0.588. The highest BCUT2D eigenvalue weighted by Gasteiger charge is 2.24. The average molecular weight is 260 g/mol. The van der Waals surface area contributed by atoms with Crippen LogP contribution in [0.1, 0.15) is 43.7 Å². The molecule has 1 fully saturated rings. The molecule has 0 amide bonds. The van der Waals surface area contributed by atoms with Gasteiger partial charge in [-0.3, -0.25) is 4.79 Å². The first kappa shape index (κ1) is 14.1. The Morgan fingerprint density at radius 1 is 1.26 bits per heavy atom. The summed E-state index contributed by atoms with van der Waals surface area (Å²) in [6.07, 6.45) is 5.04. The predicted molar refractivity (Wildman–Crippen MR) is 77.6 cm³/mol. The lowest BCUT2D eigenvalue weighted by molar-refractivity contribution is -0.123. The molecule has 0 heterocycles. The molecule has 1 aromatic carbocycles. The number of rotatable bonds is 4. The molecule has 19 heavy (non-hydrogen) atoms. The van der Waals surface area contributed by atoms with Crippen LogP contribution in [0.2, 0.25) is 0 Å². The Hall–Kier alpha value is -1.31. The molecule has 0 N–H and O–H groups in total. The zero-order valence-corrected chi connectivity index (χ0v) is 12.2. The molecule has 0 saturated heterocycles. The smallest absolute Gasteiger partial charge is 0.140 e. The van der Waals surface area contributed by atoms with Crippen LogP contribution in [-0.4, -0.2) is 12.9 Å². The summed E-state index contributed by atoms with van der Waals surface area (Å²) < 4.78 is 5.35. The van der Waals surface area contributed by atoms with Gasteiger partial charge in [-0.25, -0.2) is 0 Å². The van der Waals surface area contributed by atoms with E-state index in [9.17, 15) is 4.79 Å². The van der Waals surface area contributed by atoms with Crippen LogP contribution in [0.25, 0.3) is 0 Å².